The van der Waals surface area contributed by atoms with Crippen LogP contribution in [0.1, 0.15) is 51.5 Å². The first-order valence-corrected chi connectivity index (χ1v) is 9.69. The van der Waals surface area contributed by atoms with E-state index < -0.39 is 0 Å². The van der Waals surface area contributed by atoms with Crippen LogP contribution in [0.4, 0.5) is 0 Å². The number of ether oxygens (including phenoxy) is 2. The molecule has 1 aromatic carbocycles. The minimum absolute atomic E-state index is 0.0915. The predicted octanol–water partition coefficient (Wildman–Crippen LogP) is 4.45. The molecule has 1 aromatic rings. The molecule has 1 amide bonds. The van der Waals surface area contributed by atoms with E-state index in [1.165, 1.54) is 0 Å². The summed E-state index contributed by atoms with van der Waals surface area (Å²) in [5, 5.41) is 0.0915. The van der Waals surface area contributed by atoms with E-state index in [1.807, 2.05) is 28.8 Å². The van der Waals surface area contributed by atoms with Gasteiger partial charge in [0.05, 0.1) is 0 Å². The minimum atomic E-state index is 0.0915. The number of carbonyl (C=O) groups is 1. The third kappa shape index (κ3) is 4.00. The maximum atomic E-state index is 12.8. The van der Waals surface area contributed by atoms with E-state index in [0.29, 0.717) is 12.3 Å². The smallest absolute Gasteiger partial charge is 0.231 e. The average Bonchev–Trinajstić information content (AvgIpc) is 3.13. The fraction of sp³-hybridized carbons (Fsp3) is 0.632. The van der Waals surface area contributed by atoms with Crippen LogP contribution in [0.25, 0.3) is 0 Å². The van der Waals surface area contributed by atoms with Gasteiger partial charge in [-0.1, -0.05) is 33.8 Å². The van der Waals surface area contributed by atoms with Crippen LogP contribution in [-0.4, -0.2) is 29.9 Å². The largest absolute Gasteiger partial charge is 0.454 e. The first-order valence-electron chi connectivity index (χ1n) is 8.64. The number of benzene rings is 1. The van der Waals surface area contributed by atoms with Gasteiger partial charge in [-0.05, 0) is 35.4 Å². The molecule has 5 heteroatoms. The van der Waals surface area contributed by atoms with Crippen molar-refractivity contribution in [2.75, 3.05) is 19.1 Å². The summed E-state index contributed by atoms with van der Waals surface area (Å²) in [5.41, 5.74) is 1.38. The molecule has 24 heavy (non-hydrogen) atoms. The van der Waals surface area contributed by atoms with Crippen LogP contribution in [0.15, 0.2) is 18.2 Å². The molecule has 2 unspecified atom stereocenters. The standard InChI is InChI=1S/C19H27NO3S/c1-13(11-19(2,3)4)9-17(21)20-7-8-24-18(20)14-5-6-15-16(10-14)23-12-22-15/h5-6,10,13,18H,7-9,11-12H2,1-4H3. The number of rotatable bonds is 4. The summed E-state index contributed by atoms with van der Waals surface area (Å²) in [6, 6.07) is 6.01. The highest BCUT2D eigenvalue weighted by Gasteiger charge is 2.32. The van der Waals surface area contributed by atoms with Gasteiger partial charge in [0.1, 0.15) is 5.37 Å². The highest BCUT2D eigenvalue weighted by Crippen LogP contribution is 2.42. The number of hydrogen-bond donors (Lipinski definition) is 0. The first kappa shape index (κ1) is 17.5. The minimum Gasteiger partial charge on any atom is -0.454 e. The Bertz CT molecular complexity index is 611. The van der Waals surface area contributed by atoms with Gasteiger partial charge in [-0.3, -0.25) is 4.79 Å². The predicted molar refractivity (Wildman–Crippen MR) is 97.3 cm³/mol. The number of fused-ring (bicyclic) bond motifs is 1. The second-order valence-electron chi connectivity index (χ2n) is 8.00. The van der Waals surface area contributed by atoms with E-state index in [0.717, 1.165) is 35.8 Å². The second-order valence-corrected chi connectivity index (χ2v) is 9.19. The lowest BCUT2D eigenvalue weighted by atomic mass is 9.84. The van der Waals surface area contributed by atoms with Crippen LogP contribution in [0.3, 0.4) is 0 Å². The van der Waals surface area contributed by atoms with Crippen LogP contribution in [-0.2, 0) is 4.79 Å². The maximum absolute atomic E-state index is 12.8. The van der Waals surface area contributed by atoms with Crippen molar-refractivity contribution in [2.45, 2.75) is 45.9 Å². The van der Waals surface area contributed by atoms with E-state index in [1.54, 1.807) is 0 Å². The maximum Gasteiger partial charge on any atom is 0.231 e. The Morgan fingerprint density at radius 2 is 2.08 bits per heavy atom. The number of hydrogen-bond acceptors (Lipinski definition) is 4. The van der Waals surface area contributed by atoms with E-state index in [-0.39, 0.29) is 23.5 Å². The average molecular weight is 349 g/mol. The molecule has 2 aliphatic rings. The molecule has 0 aliphatic carbocycles. The number of amides is 1. The summed E-state index contributed by atoms with van der Waals surface area (Å²) in [4.78, 5) is 14.8. The fourth-order valence-electron chi connectivity index (χ4n) is 3.60. The zero-order valence-corrected chi connectivity index (χ0v) is 15.8. The Balaban J connectivity index is 1.68. The summed E-state index contributed by atoms with van der Waals surface area (Å²) in [5.74, 6) is 3.23. The molecule has 1 fully saturated rings. The van der Waals surface area contributed by atoms with Crippen LogP contribution in [0, 0.1) is 11.3 Å². The molecule has 132 valence electrons. The molecule has 0 bridgehead atoms. The van der Waals surface area contributed by atoms with Crippen molar-refractivity contribution in [1.29, 1.82) is 0 Å². The van der Waals surface area contributed by atoms with Crippen molar-refractivity contribution in [2.24, 2.45) is 11.3 Å². The fourth-order valence-corrected chi connectivity index (χ4v) is 4.87. The van der Waals surface area contributed by atoms with Crippen molar-refractivity contribution in [3.63, 3.8) is 0 Å². The van der Waals surface area contributed by atoms with Crippen LogP contribution in [0.5, 0.6) is 11.5 Å². The number of carbonyl (C=O) groups excluding carboxylic acids is 1. The highest BCUT2D eigenvalue weighted by atomic mass is 32.2. The number of thioether (sulfide) groups is 1. The van der Waals surface area contributed by atoms with Crippen LogP contribution < -0.4 is 9.47 Å². The van der Waals surface area contributed by atoms with Gasteiger partial charge < -0.3 is 14.4 Å². The summed E-state index contributed by atoms with van der Waals surface area (Å²) in [6.45, 7) is 9.98. The molecule has 2 heterocycles. The molecular formula is C19H27NO3S. The Kier molecular flexibility index (Phi) is 5.00. The van der Waals surface area contributed by atoms with E-state index >= 15 is 0 Å². The lowest BCUT2D eigenvalue weighted by Crippen LogP contribution is -2.32. The molecule has 0 spiro atoms. The monoisotopic (exact) mass is 349 g/mol. The zero-order chi connectivity index (χ0) is 17.3. The second kappa shape index (κ2) is 6.87. The Morgan fingerprint density at radius 1 is 1.33 bits per heavy atom. The van der Waals surface area contributed by atoms with E-state index in [9.17, 15) is 4.79 Å². The number of nitrogens with zero attached hydrogens (tertiary/aromatic N) is 1. The summed E-state index contributed by atoms with van der Waals surface area (Å²) in [7, 11) is 0. The Labute approximate surface area is 148 Å². The van der Waals surface area contributed by atoms with Gasteiger partial charge in [0.15, 0.2) is 11.5 Å². The van der Waals surface area contributed by atoms with Gasteiger partial charge in [-0.15, -0.1) is 11.8 Å². The van der Waals surface area contributed by atoms with Crippen molar-refractivity contribution >= 4 is 17.7 Å². The molecule has 2 atom stereocenters. The third-order valence-electron chi connectivity index (χ3n) is 4.38. The van der Waals surface area contributed by atoms with Gasteiger partial charge in [0, 0.05) is 18.7 Å². The van der Waals surface area contributed by atoms with Gasteiger partial charge in [0.25, 0.3) is 0 Å². The van der Waals surface area contributed by atoms with Gasteiger partial charge >= 0.3 is 0 Å². The van der Waals surface area contributed by atoms with Crippen molar-refractivity contribution in [3.8, 4) is 11.5 Å². The van der Waals surface area contributed by atoms with Crippen molar-refractivity contribution in [3.05, 3.63) is 23.8 Å². The molecule has 3 rings (SSSR count). The van der Waals surface area contributed by atoms with E-state index in [4.69, 9.17) is 9.47 Å². The molecule has 1 saturated heterocycles. The zero-order valence-electron chi connectivity index (χ0n) is 15.0. The van der Waals surface area contributed by atoms with E-state index in [2.05, 4.69) is 33.8 Å². The molecule has 0 N–H and O–H groups in total. The third-order valence-corrected chi connectivity index (χ3v) is 5.64. The lowest BCUT2D eigenvalue weighted by Gasteiger charge is -2.28. The van der Waals surface area contributed by atoms with Gasteiger partial charge in [0.2, 0.25) is 12.7 Å². The molecule has 2 aliphatic heterocycles. The van der Waals surface area contributed by atoms with Crippen LogP contribution in [0.2, 0.25) is 0 Å². The highest BCUT2D eigenvalue weighted by molar-refractivity contribution is 7.99. The topological polar surface area (TPSA) is 38.8 Å². The Hall–Kier alpha value is -1.36. The summed E-state index contributed by atoms with van der Waals surface area (Å²) in [6.07, 6.45) is 1.69. The van der Waals surface area contributed by atoms with Crippen LogP contribution >= 0.6 is 11.8 Å². The van der Waals surface area contributed by atoms with Crippen molar-refractivity contribution < 1.29 is 14.3 Å². The molecule has 4 nitrogen and oxygen atoms in total. The normalized spacial score (nSPS) is 21.2. The quantitative estimate of drug-likeness (QED) is 0.805. The summed E-state index contributed by atoms with van der Waals surface area (Å²) < 4.78 is 10.9. The summed E-state index contributed by atoms with van der Waals surface area (Å²) >= 11 is 1.83. The molecular weight excluding hydrogens is 322 g/mol. The Morgan fingerprint density at radius 3 is 2.83 bits per heavy atom. The van der Waals surface area contributed by atoms with Gasteiger partial charge in [-0.25, -0.2) is 0 Å². The molecule has 0 saturated carbocycles. The van der Waals surface area contributed by atoms with Crippen molar-refractivity contribution in [1.82, 2.24) is 4.90 Å². The SMILES string of the molecule is CC(CC(=O)N1CCSC1c1ccc2c(c1)OCO2)CC(C)(C)C. The lowest BCUT2D eigenvalue weighted by molar-refractivity contribution is -0.132. The molecule has 0 radical (unpaired) electrons. The first-order chi connectivity index (χ1) is 11.3. The molecule has 0 aromatic heterocycles. The van der Waals surface area contributed by atoms with Gasteiger partial charge in [-0.2, -0.15) is 0 Å².